The molecule has 1 saturated heterocycles. The summed E-state index contributed by atoms with van der Waals surface area (Å²) in [5.41, 5.74) is 0.564. The van der Waals surface area contributed by atoms with Gasteiger partial charge in [-0.2, -0.15) is 0 Å². The van der Waals surface area contributed by atoms with E-state index in [9.17, 15) is 0 Å². The van der Waals surface area contributed by atoms with Gasteiger partial charge in [0.1, 0.15) is 0 Å². The Morgan fingerprint density at radius 3 is 2.77 bits per heavy atom. The van der Waals surface area contributed by atoms with E-state index in [0.29, 0.717) is 5.41 Å². The molecule has 0 aromatic carbocycles. The molecular weight excluding hydrogens is 228 g/mol. The molecular formula is C11H19BrO. The second kappa shape index (κ2) is 3.90. The summed E-state index contributed by atoms with van der Waals surface area (Å²) in [7, 11) is 0. The minimum Gasteiger partial charge on any atom is -0.381 e. The number of alkyl halides is 1. The summed E-state index contributed by atoms with van der Waals surface area (Å²) in [6.45, 7) is 4.45. The van der Waals surface area contributed by atoms with Crippen LogP contribution in [0.5, 0.6) is 0 Å². The zero-order valence-corrected chi connectivity index (χ0v) is 9.98. The lowest BCUT2D eigenvalue weighted by atomic mass is 9.73. The highest BCUT2D eigenvalue weighted by molar-refractivity contribution is 9.09. The third-order valence-corrected chi connectivity index (χ3v) is 4.64. The first-order valence-electron chi connectivity index (χ1n) is 5.42. The Hall–Kier alpha value is 0.440. The Balaban J connectivity index is 1.97. The molecule has 0 amide bonds. The van der Waals surface area contributed by atoms with E-state index in [0.717, 1.165) is 24.0 Å². The summed E-state index contributed by atoms with van der Waals surface area (Å²) >= 11 is 3.74. The van der Waals surface area contributed by atoms with Crippen LogP contribution in [-0.4, -0.2) is 18.0 Å². The van der Waals surface area contributed by atoms with E-state index >= 15 is 0 Å². The van der Waals surface area contributed by atoms with Crippen molar-refractivity contribution in [1.82, 2.24) is 0 Å². The molecule has 1 heterocycles. The molecule has 2 heteroatoms. The summed E-state index contributed by atoms with van der Waals surface area (Å²) in [5, 5.41) is 0. The topological polar surface area (TPSA) is 9.23 Å². The predicted molar refractivity (Wildman–Crippen MR) is 58.2 cm³/mol. The first-order valence-corrected chi connectivity index (χ1v) is 6.34. The van der Waals surface area contributed by atoms with Gasteiger partial charge in [-0.25, -0.2) is 0 Å². The molecule has 1 aliphatic carbocycles. The minimum atomic E-state index is 0.564. The first-order chi connectivity index (χ1) is 6.21. The maximum atomic E-state index is 5.58. The molecule has 1 saturated carbocycles. The Labute approximate surface area is 89.4 Å². The third-order valence-electron chi connectivity index (χ3n) is 3.86. The summed E-state index contributed by atoms with van der Waals surface area (Å²) < 4.78 is 5.58. The number of halogens is 1. The summed E-state index contributed by atoms with van der Waals surface area (Å²) in [6.07, 6.45) is 6.74. The van der Waals surface area contributed by atoms with Gasteiger partial charge in [-0.3, -0.25) is 0 Å². The number of ether oxygens (including phenoxy) is 1. The summed E-state index contributed by atoms with van der Waals surface area (Å²) in [5.74, 6) is 0.823. The fourth-order valence-electron chi connectivity index (χ4n) is 2.86. The fourth-order valence-corrected chi connectivity index (χ4v) is 3.83. The highest BCUT2D eigenvalue weighted by atomic mass is 79.9. The van der Waals surface area contributed by atoms with Crippen LogP contribution < -0.4 is 0 Å². The average Bonchev–Trinajstić information content (AvgIpc) is 2.49. The highest BCUT2D eigenvalue weighted by Gasteiger charge is 2.40. The van der Waals surface area contributed by atoms with E-state index in [2.05, 4.69) is 22.9 Å². The summed E-state index contributed by atoms with van der Waals surface area (Å²) in [4.78, 5) is 0.763. The normalized spacial score (nSPS) is 46.6. The largest absolute Gasteiger partial charge is 0.381 e. The maximum Gasteiger partial charge on any atom is 0.0499 e. The maximum absolute atomic E-state index is 5.58. The van der Waals surface area contributed by atoms with Crippen molar-refractivity contribution in [1.29, 1.82) is 0 Å². The van der Waals surface area contributed by atoms with Gasteiger partial charge in [0.2, 0.25) is 0 Å². The van der Waals surface area contributed by atoms with Crippen molar-refractivity contribution in [3.05, 3.63) is 0 Å². The van der Waals surface area contributed by atoms with Crippen LogP contribution in [0.25, 0.3) is 0 Å². The average molecular weight is 247 g/mol. The summed E-state index contributed by atoms with van der Waals surface area (Å²) in [6, 6.07) is 0. The van der Waals surface area contributed by atoms with Gasteiger partial charge in [0.25, 0.3) is 0 Å². The van der Waals surface area contributed by atoms with Gasteiger partial charge in [-0.05, 0) is 43.4 Å². The third kappa shape index (κ3) is 2.10. The number of rotatable bonds is 1. The van der Waals surface area contributed by atoms with Gasteiger partial charge >= 0.3 is 0 Å². The molecule has 13 heavy (non-hydrogen) atoms. The van der Waals surface area contributed by atoms with Crippen molar-refractivity contribution in [2.75, 3.05) is 13.2 Å². The number of hydrogen-bond acceptors (Lipinski definition) is 1. The molecule has 0 bridgehead atoms. The van der Waals surface area contributed by atoms with Crippen LogP contribution in [0.1, 0.15) is 39.0 Å². The SMILES string of the molecule is CC1(C2CCCOC2)CCC(Br)C1. The molecule has 76 valence electrons. The lowest BCUT2D eigenvalue weighted by Crippen LogP contribution is -2.32. The van der Waals surface area contributed by atoms with Gasteiger partial charge < -0.3 is 4.74 Å². The molecule has 0 aromatic rings. The Morgan fingerprint density at radius 2 is 2.23 bits per heavy atom. The van der Waals surface area contributed by atoms with Gasteiger partial charge in [0.05, 0.1) is 0 Å². The van der Waals surface area contributed by atoms with Crippen LogP contribution in [0.15, 0.2) is 0 Å². The van der Waals surface area contributed by atoms with Crippen LogP contribution in [0, 0.1) is 11.3 Å². The van der Waals surface area contributed by atoms with Gasteiger partial charge in [-0.1, -0.05) is 22.9 Å². The zero-order chi connectivity index (χ0) is 9.31. The second-order valence-corrected chi connectivity index (χ2v) is 6.20. The predicted octanol–water partition coefficient (Wildman–Crippen LogP) is 3.37. The second-order valence-electron chi connectivity index (χ2n) is 4.91. The molecule has 0 aromatic heterocycles. The van der Waals surface area contributed by atoms with E-state index in [1.165, 1.54) is 32.1 Å². The minimum absolute atomic E-state index is 0.564. The monoisotopic (exact) mass is 246 g/mol. The molecule has 0 radical (unpaired) electrons. The molecule has 2 rings (SSSR count). The molecule has 3 unspecified atom stereocenters. The smallest absolute Gasteiger partial charge is 0.0499 e. The van der Waals surface area contributed by atoms with Gasteiger partial charge in [-0.15, -0.1) is 0 Å². The highest BCUT2D eigenvalue weighted by Crippen LogP contribution is 2.48. The van der Waals surface area contributed by atoms with E-state index in [1.807, 2.05) is 0 Å². The van der Waals surface area contributed by atoms with Crippen LogP contribution in [0.4, 0.5) is 0 Å². The Kier molecular flexibility index (Phi) is 2.99. The molecule has 2 fully saturated rings. The molecule has 1 nitrogen and oxygen atoms in total. The molecule has 0 spiro atoms. The molecule has 0 N–H and O–H groups in total. The van der Waals surface area contributed by atoms with Crippen LogP contribution >= 0.6 is 15.9 Å². The van der Waals surface area contributed by atoms with Gasteiger partial charge in [0, 0.05) is 18.0 Å². The fraction of sp³-hybridized carbons (Fsp3) is 1.00. The zero-order valence-electron chi connectivity index (χ0n) is 8.39. The lowest BCUT2D eigenvalue weighted by molar-refractivity contribution is -0.000232. The van der Waals surface area contributed by atoms with E-state index in [1.54, 1.807) is 0 Å². The Morgan fingerprint density at radius 1 is 1.38 bits per heavy atom. The van der Waals surface area contributed by atoms with Crippen molar-refractivity contribution in [3.8, 4) is 0 Å². The van der Waals surface area contributed by atoms with Crippen molar-refractivity contribution >= 4 is 15.9 Å². The lowest BCUT2D eigenvalue weighted by Gasteiger charge is -2.36. The van der Waals surface area contributed by atoms with Crippen LogP contribution in [0.3, 0.4) is 0 Å². The van der Waals surface area contributed by atoms with Crippen LogP contribution in [-0.2, 0) is 4.74 Å². The number of hydrogen-bond donors (Lipinski definition) is 0. The molecule has 3 atom stereocenters. The Bertz CT molecular complexity index is 177. The van der Waals surface area contributed by atoms with Crippen molar-refractivity contribution in [3.63, 3.8) is 0 Å². The van der Waals surface area contributed by atoms with Gasteiger partial charge in [0.15, 0.2) is 0 Å². The van der Waals surface area contributed by atoms with E-state index in [-0.39, 0.29) is 0 Å². The molecule has 1 aliphatic heterocycles. The first kappa shape index (κ1) is 9.97. The standard InChI is InChI=1S/C11H19BrO/c1-11(5-4-10(12)7-11)9-3-2-6-13-8-9/h9-10H,2-8H2,1H3. The van der Waals surface area contributed by atoms with Crippen molar-refractivity contribution < 1.29 is 4.74 Å². The van der Waals surface area contributed by atoms with Crippen molar-refractivity contribution in [2.24, 2.45) is 11.3 Å². The van der Waals surface area contributed by atoms with Crippen molar-refractivity contribution in [2.45, 2.75) is 43.9 Å². The van der Waals surface area contributed by atoms with E-state index in [4.69, 9.17) is 4.74 Å². The quantitative estimate of drug-likeness (QED) is 0.645. The van der Waals surface area contributed by atoms with Crippen LogP contribution in [0.2, 0.25) is 0 Å². The van der Waals surface area contributed by atoms with E-state index < -0.39 is 0 Å². The molecule has 2 aliphatic rings.